The molecule has 2 aliphatic rings. The number of nitrogens with zero attached hydrogens (tertiary/aromatic N) is 2. The van der Waals surface area contributed by atoms with Crippen LogP contribution >= 0.6 is 0 Å². The fourth-order valence-corrected chi connectivity index (χ4v) is 6.99. The van der Waals surface area contributed by atoms with Crippen LogP contribution in [0.5, 0.6) is 0 Å². The number of benzene rings is 2. The Morgan fingerprint density at radius 3 is 2.55 bits per heavy atom. The second kappa shape index (κ2) is 15.3. The maximum absolute atomic E-state index is 13.3. The van der Waals surface area contributed by atoms with Crippen LogP contribution in [0, 0.1) is 33.8 Å². The number of nitrogens with one attached hydrogen (secondary N) is 1. The topological polar surface area (TPSA) is 145 Å². The summed E-state index contributed by atoms with van der Waals surface area (Å²) in [6, 6.07) is 10.7. The lowest BCUT2D eigenvalue weighted by molar-refractivity contribution is -0.385. The molecule has 1 aliphatic carbocycles. The Bertz CT molecular complexity index is 1490. The maximum atomic E-state index is 13.3. The fourth-order valence-electron chi connectivity index (χ4n) is 5.67. The number of morpholine rings is 1. The molecule has 2 fully saturated rings. The average Bonchev–Trinajstić information content (AvgIpc) is 3.02. The minimum Gasteiger partial charge on any atom is -0.468 e. The van der Waals surface area contributed by atoms with Gasteiger partial charge in [0.15, 0.2) is 0 Å². The highest BCUT2D eigenvalue weighted by atomic mass is 32.2. The summed E-state index contributed by atoms with van der Waals surface area (Å²) < 4.78 is 39.4. The van der Waals surface area contributed by atoms with Crippen LogP contribution in [0.1, 0.15) is 62.6 Å². The summed E-state index contributed by atoms with van der Waals surface area (Å²) in [6.07, 6.45) is 3.56. The van der Waals surface area contributed by atoms with E-state index in [-0.39, 0.29) is 40.3 Å². The van der Waals surface area contributed by atoms with Crippen LogP contribution in [0.3, 0.4) is 0 Å². The molecule has 1 saturated heterocycles. The van der Waals surface area contributed by atoms with Crippen LogP contribution in [-0.2, 0) is 35.5 Å². The number of nitro benzene ring substituents is 1. The number of hydrogen-bond acceptors (Lipinski definition) is 8. The van der Waals surface area contributed by atoms with Gasteiger partial charge in [-0.3, -0.25) is 19.7 Å². The van der Waals surface area contributed by atoms with Crippen molar-refractivity contribution in [1.29, 1.82) is 0 Å². The number of carbonyl (C=O) groups is 2. The number of aryl methyl sites for hydroxylation is 1. The Labute approximate surface area is 258 Å². The van der Waals surface area contributed by atoms with Gasteiger partial charge in [0.2, 0.25) is 15.9 Å². The number of amides is 1. The molecule has 11 nitrogen and oxygen atoms in total. The largest absolute Gasteiger partial charge is 0.468 e. The summed E-state index contributed by atoms with van der Waals surface area (Å²) in [4.78, 5) is 36.4. The molecule has 0 bridgehead atoms. The van der Waals surface area contributed by atoms with Gasteiger partial charge < -0.3 is 14.4 Å². The molecule has 0 radical (unpaired) electrons. The first-order valence-corrected chi connectivity index (χ1v) is 16.4. The van der Waals surface area contributed by atoms with Crippen LogP contribution < -0.4 is 4.72 Å². The Morgan fingerprint density at radius 2 is 1.89 bits per heavy atom. The first-order valence-electron chi connectivity index (χ1n) is 14.9. The van der Waals surface area contributed by atoms with E-state index in [9.17, 15) is 28.1 Å². The fraction of sp³-hybridized carbons (Fsp3) is 0.500. The molecule has 1 atom stereocenters. The third-order valence-corrected chi connectivity index (χ3v) is 9.70. The van der Waals surface area contributed by atoms with Crippen LogP contribution in [0.25, 0.3) is 0 Å². The Hall–Kier alpha value is -3.79. The summed E-state index contributed by atoms with van der Waals surface area (Å²) in [6.45, 7) is 6.53. The zero-order valence-electron chi connectivity index (χ0n) is 25.1. The predicted octanol–water partition coefficient (Wildman–Crippen LogP) is 3.82. The standard InChI is InChI=1S/C32H39N3O8S/c1-23(2)31-21-42-19-17-34(31)32(37)27-11-14-28(15-12-27)33-44(40,41)29-16-13-26(30(20-29)35(38)39)10-9-25-7-5-24(6-8-25)4-3-18-43-22-36/h5-8,13,16,20,22-23,27-28,31,33H,3-4,11-12,14-15,17-19,21H2,1-2H3/t27-,28-,31-/m1/s1. The quantitative estimate of drug-likeness (QED) is 0.130. The first kappa shape index (κ1) is 33.1. The van der Waals surface area contributed by atoms with Gasteiger partial charge in [0.05, 0.1) is 35.7 Å². The molecule has 1 N–H and O–H groups in total. The Balaban J connectivity index is 1.38. The van der Waals surface area contributed by atoms with Gasteiger partial charge in [0, 0.05) is 30.1 Å². The minimum absolute atomic E-state index is 0.0444. The van der Waals surface area contributed by atoms with E-state index in [2.05, 4.69) is 35.1 Å². The van der Waals surface area contributed by atoms with E-state index in [4.69, 9.17) is 4.74 Å². The molecule has 1 saturated carbocycles. The number of ether oxygens (including phenoxy) is 2. The van der Waals surface area contributed by atoms with Gasteiger partial charge in [-0.25, -0.2) is 13.1 Å². The maximum Gasteiger partial charge on any atom is 0.293 e. The van der Waals surface area contributed by atoms with Crippen LogP contribution in [-0.4, -0.2) is 69.1 Å². The summed E-state index contributed by atoms with van der Waals surface area (Å²) in [7, 11) is -4.04. The molecule has 1 heterocycles. The lowest BCUT2D eigenvalue weighted by Gasteiger charge is -2.41. The molecule has 0 aromatic heterocycles. The van der Waals surface area contributed by atoms with E-state index >= 15 is 0 Å². The van der Waals surface area contributed by atoms with E-state index in [0.29, 0.717) is 70.5 Å². The van der Waals surface area contributed by atoms with Crippen molar-refractivity contribution >= 4 is 28.1 Å². The Morgan fingerprint density at radius 1 is 1.16 bits per heavy atom. The minimum atomic E-state index is -4.04. The zero-order valence-corrected chi connectivity index (χ0v) is 25.9. The summed E-state index contributed by atoms with van der Waals surface area (Å²) in [5.41, 5.74) is 1.39. The van der Waals surface area contributed by atoms with Gasteiger partial charge in [0.25, 0.3) is 12.2 Å². The monoisotopic (exact) mass is 625 g/mol. The summed E-state index contributed by atoms with van der Waals surface area (Å²) >= 11 is 0. The molecule has 12 heteroatoms. The van der Waals surface area contributed by atoms with Gasteiger partial charge in [-0.05, 0) is 74.3 Å². The molecule has 0 unspecified atom stereocenters. The van der Waals surface area contributed by atoms with Gasteiger partial charge in [0.1, 0.15) is 5.56 Å². The number of rotatable bonds is 11. The molecule has 2 aromatic carbocycles. The first-order chi connectivity index (χ1) is 21.1. The number of nitro groups is 1. The molecule has 1 amide bonds. The van der Waals surface area contributed by atoms with Crippen molar-refractivity contribution in [3.63, 3.8) is 0 Å². The molecule has 1 aliphatic heterocycles. The molecule has 0 spiro atoms. The second-order valence-corrected chi connectivity index (χ2v) is 13.3. The second-order valence-electron chi connectivity index (χ2n) is 11.5. The van der Waals surface area contributed by atoms with Crippen LogP contribution in [0.15, 0.2) is 47.4 Å². The van der Waals surface area contributed by atoms with Crippen LogP contribution in [0.4, 0.5) is 5.69 Å². The van der Waals surface area contributed by atoms with Crippen molar-refractivity contribution in [2.24, 2.45) is 11.8 Å². The van der Waals surface area contributed by atoms with E-state index in [0.717, 1.165) is 18.1 Å². The smallest absolute Gasteiger partial charge is 0.293 e. The van der Waals surface area contributed by atoms with Crippen molar-refractivity contribution in [3.8, 4) is 11.8 Å². The molecule has 44 heavy (non-hydrogen) atoms. The number of carbonyl (C=O) groups excluding carboxylic acids is 2. The van der Waals surface area contributed by atoms with E-state index in [1.807, 2.05) is 17.0 Å². The highest BCUT2D eigenvalue weighted by molar-refractivity contribution is 7.89. The molecular weight excluding hydrogens is 586 g/mol. The summed E-state index contributed by atoms with van der Waals surface area (Å²) in [5.74, 6) is 5.92. The molecular formula is C32H39N3O8S. The molecule has 236 valence electrons. The number of sulfonamides is 1. The summed E-state index contributed by atoms with van der Waals surface area (Å²) in [5, 5.41) is 11.8. The number of hydrogen-bond donors (Lipinski definition) is 1. The van der Waals surface area contributed by atoms with Gasteiger partial charge in [-0.15, -0.1) is 0 Å². The lowest BCUT2D eigenvalue weighted by Crippen LogP contribution is -2.53. The highest BCUT2D eigenvalue weighted by Gasteiger charge is 2.36. The average molecular weight is 626 g/mol. The third kappa shape index (κ3) is 8.65. The van der Waals surface area contributed by atoms with E-state index < -0.39 is 20.6 Å². The Kier molecular flexibility index (Phi) is 11.5. The normalized spacial score (nSPS) is 20.4. The van der Waals surface area contributed by atoms with Crippen molar-refractivity contribution in [3.05, 3.63) is 69.3 Å². The SMILES string of the molecule is CC(C)[C@H]1COCCN1C(=O)[C@H]1CC[C@H](NS(=O)(=O)c2ccc(C#Cc3ccc(CCCOC=O)cc3)c([N+](=O)[O-])c2)CC1. The van der Waals surface area contributed by atoms with Crippen LogP contribution in [0.2, 0.25) is 0 Å². The predicted molar refractivity (Wildman–Crippen MR) is 163 cm³/mol. The lowest BCUT2D eigenvalue weighted by atomic mass is 9.85. The zero-order chi connectivity index (χ0) is 31.7. The van der Waals surface area contributed by atoms with E-state index in [1.165, 1.54) is 12.1 Å². The van der Waals surface area contributed by atoms with Gasteiger partial charge in [-0.2, -0.15) is 0 Å². The third-order valence-electron chi connectivity index (χ3n) is 8.18. The van der Waals surface area contributed by atoms with E-state index in [1.54, 1.807) is 12.1 Å². The highest BCUT2D eigenvalue weighted by Crippen LogP contribution is 2.30. The van der Waals surface area contributed by atoms with Gasteiger partial charge >= 0.3 is 0 Å². The van der Waals surface area contributed by atoms with Crippen molar-refractivity contribution < 1.29 is 32.4 Å². The van der Waals surface area contributed by atoms with Crippen molar-refractivity contribution in [2.75, 3.05) is 26.4 Å². The van der Waals surface area contributed by atoms with Crippen molar-refractivity contribution in [2.45, 2.75) is 69.4 Å². The van der Waals surface area contributed by atoms with Gasteiger partial charge in [-0.1, -0.05) is 37.8 Å². The molecule has 4 rings (SSSR count). The van der Waals surface area contributed by atoms with Crippen molar-refractivity contribution in [1.82, 2.24) is 9.62 Å². The molecule has 2 aromatic rings.